The predicted molar refractivity (Wildman–Crippen MR) is 84.6 cm³/mol. The first-order chi connectivity index (χ1) is 10.2. The fourth-order valence-electron chi connectivity index (χ4n) is 2.46. The Hall–Kier alpha value is -2.62. The van der Waals surface area contributed by atoms with Crippen LogP contribution in [0.2, 0.25) is 0 Å². The molecule has 4 heteroatoms. The number of rotatable bonds is 3. The second-order valence-electron chi connectivity index (χ2n) is 5.01. The summed E-state index contributed by atoms with van der Waals surface area (Å²) in [6, 6.07) is 13.5. The van der Waals surface area contributed by atoms with Crippen molar-refractivity contribution in [1.29, 1.82) is 0 Å². The zero-order valence-electron chi connectivity index (χ0n) is 12.1. The van der Waals surface area contributed by atoms with Gasteiger partial charge in [-0.15, -0.1) is 0 Å². The van der Waals surface area contributed by atoms with E-state index in [9.17, 15) is 4.79 Å². The predicted octanol–water partition coefficient (Wildman–Crippen LogP) is 3.54. The molecule has 1 N–H and O–H groups in total. The van der Waals surface area contributed by atoms with Gasteiger partial charge in [0.05, 0.1) is 11.0 Å². The Morgan fingerprint density at radius 2 is 2.10 bits per heavy atom. The van der Waals surface area contributed by atoms with E-state index in [-0.39, 0.29) is 5.91 Å². The van der Waals surface area contributed by atoms with Gasteiger partial charge in [0.1, 0.15) is 5.69 Å². The van der Waals surface area contributed by atoms with Crippen molar-refractivity contribution in [2.75, 3.05) is 11.4 Å². The Morgan fingerprint density at radius 3 is 2.81 bits per heavy atom. The monoisotopic (exact) mass is 279 g/mol. The molecule has 2 heterocycles. The van der Waals surface area contributed by atoms with Crippen LogP contribution < -0.4 is 4.90 Å². The quantitative estimate of drug-likeness (QED) is 0.797. The number of anilines is 1. The number of benzene rings is 1. The highest BCUT2D eigenvalue weighted by Crippen LogP contribution is 2.20. The number of aromatic nitrogens is 2. The molecule has 0 spiro atoms. The molecule has 0 radical (unpaired) electrons. The third-order valence-electron chi connectivity index (χ3n) is 3.49. The Bertz CT molecular complexity index is 758. The van der Waals surface area contributed by atoms with Crippen molar-refractivity contribution < 1.29 is 4.79 Å². The number of amides is 1. The van der Waals surface area contributed by atoms with Crippen molar-refractivity contribution in [3.63, 3.8) is 0 Å². The van der Waals surface area contributed by atoms with Gasteiger partial charge < -0.3 is 9.88 Å². The van der Waals surface area contributed by atoms with Crippen LogP contribution in [0.15, 0.2) is 48.7 Å². The zero-order chi connectivity index (χ0) is 14.8. The van der Waals surface area contributed by atoms with Gasteiger partial charge in [0.15, 0.2) is 0 Å². The molecule has 0 saturated carbocycles. The van der Waals surface area contributed by atoms with Crippen LogP contribution in [0.4, 0.5) is 5.69 Å². The molecule has 1 amide bonds. The van der Waals surface area contributed by atoms with E-state index in [0.29, 0.717) is 12.2 Å². The van der Waals surface area contributed by atoms with Crippen LogP contribution in [0, 0.1) is 6.92 Å². The summed E-state index contributed by atoms with van der Waals surface area (Å²) in [5.74, 6) is -0.0406. The first-order valence-electron chi connectivity index (χ1n) is 7.01. The number of H-pyrrole nitrogens is 1. The van der Waals surface area contributed by atoms with E-state index in [1.165, 1.54) is 0 Å². The van der Waals surface area contributed by atoms with E-state index in [1.54, 1.807) is 17.2 Å². The van der Waals surface area contributed by atoms with Gasteiger partial charge in [0, 0.05) is 18.4 Å². The summed E-state index contributed by atoms with van der Waals surface area (Å²) in [4.78, 5) is 21.9. The molecular formula is C17H17N3O. The van der Waals surface area contributed by atoms with Gasteiger partial charge in [-0.3, -0.25) is 9.78 Å². The lowest BCUT2D eigenvalue weighted by atomic mass is 10.2. The number of pyridine rings is 1. The van der Waals surface area contributed by atoms with Gasteiger partial charge in [-0.25, -0.2) is 0 Å². The first-order valence-corrected chi connectivity index (χ1v) is 7.01. The molecule has 0 unspecified atom stereocenters. The molecule has 0 aliphatic heterocycles. The highest BCUT2D eigenvalue weighted by Gasteiger charge is 2.18. The Balaban J connectivity index is 1.98. The lowest BCUT2D eigenvalue weighted by molar-refractivity contribution is 0.0984. The van der Waals surface area contributed by atoms with Crippen molar-refractivity contribution in [3.8, 4) is 0 Å². The lowest BCUT2D eigenvalue weighted by Crippen LogP contribution is -2.30. The molecule has 3 aromatic rings. The number of carbonyl (C=O) groups is 1. The average Bonchev–Trinajstić information content (AvgIpc) is 2.92. The number of fused-ring (bicyclic) bond motifs is 1. The molecular weight excluding hydrogens is 262 g/mol. The molecule has 2 aromatic heterocycles. The van der Waals surface area contributed by atoms with Crippen LogP contribution in [-0.4, -0.2) is 22.4 Å². The molecule has 0 aliphatic rings. The highest BCUT2D eigenvalue weighted by molar-refractivity contribution is 6.07. The van der Waals surface area contributed by atoms with Crippen molar-refractivity contribution in [1.82, 2.24) is 9.97 Å². The number of nitrogens with one attached hydrogen (secondary N) is 1. The summed E-state index contributed by atoms with van der Waals surface area (Å²) >= 11 is 0. The number of hydrogen-bond donors (Lipinski definition) is 1. The fraction of sp³-hybridized carbons (Fsp3) is 0.176. The Kier molecular flexibility index (Phi) is 3.44. The number of aromatic amines is 1. The molecule has 21 heavy (non-hydrogen) atoms. The third-order valence-corrected chi connectivity index (χ3v) is 3.49. The standard InChI is InChI=1S/C17H17N3O/c1-3-20(13-7-4-6-12(2)10-13)17(21)16-11-15-14(19-16)8-5-9-18-15/h4-11,19H,3H2,1-2H3. The average molecular weight is 279 g/mol. The summed E-state index contributed by atoms with van der Waals surface area (Å²) in [7, 11) is 0. The van der Waals surface area contributed by atoms with Crippen LogP contribution in [-0.2, 0) is 0 Å². The largest absolute Gasteiger partial charge is 0.349 e. The summed E-state index contributed by atoms with van der Waals surface area (Å²) in [6.45, 7) is 4.61. The van der Waals surface area contributed by atoms with E-state index in [1.807, 2.05) is 50.2 Å². The molecule has 106 valence electrons. The molecule has 0 saturated heterocycles. The summed E-state index contributed by atoms with van der Waals surface area (Å²) in [6.07, 6.45) is 1.72. The molecule has 0 aliphatic carbocycles. The van der Waals surface area contributed by atoms with Gasteiger partial charge in [0.2, 0.25) is 0 Å². The minimum atomic E-state index is -0.0406. The normalized spacial score (nSPS) is 10.8. The van der Waals surface area contributed by atoms with E-state index < -0.39 is 0 Å². The molecule has 0 fully saturated rings. The number of hydrogen-bond acceptors (Lipinski definition) is 2. The van der Waals surface area contributed by atoms with Gasteiger partial charge in [-0.05, 0) is 49.7 Å². The first kappa shape index (κ1) is 13.4. The molecule has 0 atom stereocenters. The SMILES string of the molecule is CCN(C(=O)c1cc2ncccc2[nH]1)c1cccc(C)c1. The molecule has 4 nitrogen and oxygen atoms in total. The maximum Gasteiger partial charge on any atom is 0.274 e. The third kappa shape index (κ3) is 2.52. The second kappa shape index (κ2) is 5.40. The van der Waals surface area contributed by atoms with Crippen LogP contribution in [0.25, 0.3) is 11.0 Å². The Labute approximate surface area is 123 Å². The molecule has 1 aromatic carbocycles. The fourth-order valence-corrected chi connectivity index (χ4v) is 2.46. The minimum Gasteiger partial charge on any atom is -0.349 e. The zero-order valence-corrected chi connectivity index (χ0v) is 12.1. The molecule has 3 rings (SSSR count). The van der Waals surface area contributed by atoms with E-state index >= 15 is 0 Å². The number of carbonyl (C=O) groups excluding carboxylic acids is 1. The van der Waals surface area contributed by atoms with Gasteiger partial charge in [-0.1, -0.05) is 12.1 Å². The van der Waals surface area contributed by atoms with Crippen molar-refractivity contribution in [2.24, 2.45) is 0 Å². The maximum absolute atomic E-state index is 12.7. The van der Waals surface area contributed by atoms with Gasteiger partial charge >= 0.3 is 0 Å². The van der Waals surface area contributed by atoms with Crippen LogP contribution in [0.1, 0.15) is 23.0 Å². The smallest absolute Gasteiger partial charge is 0.274 e. The van der Waals surface area contributed by atoms with E-state index in [4.69, 9.17) is 0 Å². The summed E-state index contributed by atoms with van der Waals surface area (Å²) < 4.78 is 0. The van der Waals surface area contributed by atoms with Crippen LogP contribution in [0.3, 0.4) is 0 Å². The number of aryl methyl sites for hydroxylation is 1. The second-order valence-corrected chi connectivity index (χ2v) is 5.01. The van der Waals surface area contributed by atoms with Crippen LogP contribution >= 0.6 is 0 Å². The maximum atomic E-state index is 12.7. The number of nitrogens with zero attached hydrogens (tertiary/aromatic N) is 2. The van der Waals surface area contributed by atoms with Gasteiger partial charge in [-0.2, -0.15) is 0 Å². The topological polar surface area (TPSA) is 49.0 Å². The van der Waals surface area contributed by atoms with Crippen molar-refractivity contribution >= 4 is 22.6 Å². The van der Waals surface area contributed by atoms with E-state index in [0.717, 1.165) is 22.3 Å². The summed E-state index contributed by atoms with van der Waals surface area (Å²) in [5, 5.41) is 0. The Morgan fingerprint density at radius 1 is 1.24 bits per heavy atom. The van der Waals surface area contributed by atoms with Crippen molar-refractivity contribution in [2.45, 2.75) is 13.8 Å². The van der Waals surface area contributed by atoms with Crippen LogP contribution in [0.5, 0.6) is 0 Å². The highest BCUT2D eigenvalue weighted by atomic mass is 16.2. The summed E-state index contributed by atoms with van der Waals surface area (Å²) in [5.41, 5.74) is 4.29. The molecule has 0 bridgehead atoms. The lowest BCUT2D eigenvalue weighted by Gasteiger charge is -2.20. The van der Waals surface area contributed by atoms with Gasteiger partial charge in [0.25, 0.3) is 5.91 Å². The van der Waals surface area contributed by atoms with E-state index in [2.05, 4.69) is 9.97 Å². The minimum absolute atomic E-state index is 0.0406. The van der Waals surface area contributed by atoms with Crippen molar-refractivity contribution in [3.05, 3.63) is 59.9 Å².